The summed E-state index contributed by atoms with van der Waals surface area (Å²) in [7, 11) is 0.358. The lowest BCUT2D eigenvalue weighted by atomic mass is 10.2. The van der Waals surface area contributed by atoms with Crippen molar-refractivity contribution in [3.63, 3.8) is 0 Å². The first-order valence-corrected chi connectivity index (χ1v) is 9.08. The molecule has 0 aliphatic heterocycles. The second-order valence-corrected chi connectivity index (χ2v) is 7.65. The van der Waals surface area contributed by atoms with Crippen LogP contribution >= 0.6 is 0 Å². The third kappa shape index (κ3) is 3.65. The summed E-state index contributed by atoms with van der Waals surface area (Å²) >= 11 is 0. The fraction of sp³-hybridized carbons (Fsp3) is 0.438. The standard InChI is InChI=1S/C16H21F2N3O4S/c1-10-15(11(2)21(19-10)16(17)18)26(22,23)20(3)9-12-6-7-13(24-4)14(8-12)25-5/h6-8,16H,9H2,1-5H3. The third-order valence-corrected chi connectivity index (χ3v) is 6.02. The summed E-state index contributed by atoms with van der Waals surface area (Å²) in [6.45, 7) is -0.179. The number of nitrogens with zero attached hydrogens (tertiary/aromatic N) is 3. The van der Waals surface area contributed by atoms with Crippen molar-refractivity contribution in [3.8, 4) is 11.5 Å². The number of aryl methyl sites for hydroxylation is 1. The Kier molecular flexibility index (Phi) is 5.87. The quantitative estimate of drug-likeness (QED) is 0.728. The Morgan fingerprint density at radius 1 is 1.19 bits per heavy atom. The van der Waals surface area contributed by atoms with Gasteiger partial charge in [0, 0.05) is 13.6 Å². The molecule has 0 N–H and O–H groups in total. The predicted molar refractivity (Wildman–Crippen MR) is 91.2 cm³/mol. The van der Waals surface area contributed by atoms with Crippen molar-refractivity contribution in [2.75, 3.05) is 21.3 Å². The smallest absolute Gasteiger partial charge is 0.333 e. The van der Waals surface area contributed by atoms with Crippen LogP contribution in [0.15, 0.2) is 23.1 Å². The van der Waals surface area contributed by atoms with E-state index in [1.165, 1.54) is 35.1 Å². The molecule has 0 saturated carbocycles. The molecular formula is C16H21F2N3O4S. The van der Waals surface area contributed by atoms with Gasteiger partial charge in [0.2, 0.25) is 10.0 Å². The SMILES string of the molecule is COc1ccc(CN(C)S(=O)(=O)c2c(C)nn(C(F)F)c2C)cc1OC. The number of ether oxygens (including phenoxy) is 2. The molecule has 0 aliphatic carbocycles. The lowest BCUT2D eigenvalue weighted by Gasteiger charge is -2.18. The molecule has 0 amide bonds. The van der Waals surface area contributed by atoms with Gasteiger partial charge < -0.3 is 9.47 Å². The lowest BCUT2D eigenvalue weighted by Crippen LogP contribution is -2.27. The zero-order valence-corrected chi connectivity index (χ0v) is 16.0. The minimum atomic E-state index is -4.00. The van der Waals surface area contributed by atoms with Gasteiger partial charge in [0.25, 0.3) is 0 Å². The Morgan fingerprint density at radius 2 is 1.81 bits per heavy atom. The first-order chi connectivity index (χ1) is 12.1. The molecule has 1 aromatic carbocycles. The molecule has 2 rings (SSSR count). The zero-order chi connectivity index (χ0) is 19.6. The maximum absolute atomic E-state index is 13.0. The average Bonchev–Trinajstić information content (AvgIpc) is 2.89. The number of benzene rings is 1. The van der Waals surface area contributed by atoms with E-state index in [1.54, 1.807) is 18.2 Å². The van der Waals surface area contributed by atoms with E-state index in [4.69, 9.17) is 9.47 Å². The van der Waals surface area contributed by atoms with E-state index in [9.17, 15) is 17.2 Å². The third-order valence-electron chi connectivity index (χ3n) is 3.96. The maximum atomic E-state index is 13.0. The Hall–Kier alpha value is -2.20. The van der Waals surface area contributed by atoms with E-state index in [1.807, 2.05) is 0 Å². The Morgan fingerprint density at radius 3 is 2.31 bits per heavy atom. The van der Waals surface area contributed by atoms with Crippen molar-refractivity contribution in [2.24, 2.45) is 0 Å². The number of hydrogen-bond acceptors (Lipinski definition) is 5. The number of aromatic nitrogens is 2. The van der Waals surface area contributed by atoms with Gasteiger partial charge in [-0.1, -0.05) is 6.07 Å². The van der Waals surface area contributed by atoms with Gasteiger partial charge in [0.05, 0.1) is 25.6 Å². The molecule has 7 nitrogen and oxygen atoms in total. The van der Waals surface area contributed by atoms with E-state index in [-0.39, 0.29) is 22.8 Å². The van der Waals surface area contributed by atoms with Crippen molar-refractivity contribution < 1.29 is 26.7 Å². The molecule has 0 saturated heterocycles. The highest BCUT2D eigenvalue weighted by atomic mass is 32.2. The number of sulfonamides is 1. The first kappa shape index (κ1) is 20.1. The number of halogens is 2. The Balaban J connectivity index is 2.36. The highest BCUT2D eigenvalue weighted by Crippen LogP contribution is 2.30. The second-order valence-electron chi connectivity index (χ2n) is 5.67. The first-order valence-electron chi connectivity index (χ1n) is 7.64. The molecule has 0 bridgehead atoms. The van der Waals surface area contributed by atoms with Crippen LogP contribution in [-0.4, -0.2) is 43.8 Å². The molecule has 1 heterocycles. The molecule has 10 heteroatoms. The molecule has 144 valence electrons. The number of hydrogen-bond donors (Lipinski definition) is 0. The minimum absolute atomic E-state index is 0.0292. The molecule has 0 fully saturated rings. The van der Waals surface area contributed by atoms with Gasteiger partial charge >= 0.3 is 6.55 Å². The highest BCUT2D eigenvalue weighted by molar-refractivity contribution is 7.89. The molecule has 0 atom stereocenters. The van der Waals surface area contributed by atoms with Crippen LogP contribution in [0.4, 0.5) is 8.78 Å². The zero-order valence-electron chi connectivity index (χ0n) is 15.2. The summed E-state index contributed by atoms with van der Waals surface area (Å²) in [4.78, 5) is -0.208. The summed E-state index contributed by atoms with van der Waals surface area (Å²) in [5, 5.41) is 3.64. The van der Waals surface area contributed by atoms with Crippen LogP contribution in [0, 0.1) is 13.8 Å². The largest absolute Gasteiger partial charge is 0.493 e. The summed E-state index contributed by atoms with van der Waals surface area (Å²) in [5.41, 5.74) is 0.587. The van der Waals surface area contributed by atoms with E-state index in [2.05, 4.69) is 5.10 Å². The minimum Gasteiger partial charge on any atom is -0.493 e. The normalized spacial score (nSPS) is 12.0. The van der Waals surface area contributed by atoms with Gasteiger partial charge in [-0.3, -0.25) is 0 Å². The van der Waals surface area contributed by atoms with Crippen LogP contribution in [0.2, 0.25) is 0 Å². The highest BCUT2D eigenvalue weighted by Gasteiger charge is 2.30. The number of rotatable bonds is 7. The molecule has 0 radical (unpaired) electrons. The van der Waals surface area contributed by atoms with Gasteiger partial charge in [-0.05, 0) is 31.5 Å². The molecule has 0 spiro atoms. The van der Waals surface area contributed by atoms with Crippen LogP contribution in [-0.2, 0) is 16.6 Å². The van der Waals surface area contributed by atoms with Crippen LogP contribution in [0.5, 0.6) is 11.5 Å². The fourth-order valence-corrected chi connectivity index (χ4v) is 4.20. The van der Waals surface area contributed by atoms with E-state index < -0.39 is 16.6 Å². The summed E-state index contributed by atoms with van der Waals surface area (Å²) in [5.74, 6) is 0.986. The molecule has 0 unspecified atom stereocenters. The van der Waals surface area contributed by atoms with Crippen LogP contribution in [0.25, 0.3) is 0 Å². The van der Waals surface area contributed by atoms with E-state index >= 15 is 0 Å². The van der Waals surface area contributed by atoms with Crippen molar-refractivity contribution in [1.29, 1.82) is 0 Å². The predicted octanol–water partition coefficient (Wildman–Crippen LogP) is 2.73. The second kappa shape index (κ2) is 7.58. The van der Waals surface area contributed by atoms with Crippen LogP contribution in [0.1, 0.15) is 23.5 Å². The topological polar surface area (TPSA) is 73.7 Å². The monoisotopic (exact) mass is 389 g/mol. The molecule has 1 aromatic heterocycles. The molecule has 2 aromatic rings. The van der Waals surface area contributed by atoms with Gasteiger partial charge in [0.15, 0.2) is 11.5 Å². The number of alkyl halides is 2. The van der Waals surface area contributed by atoms with E-state index in [0.29, 0.717) is 21.7 Å². The number of methoxy groups -OCH3 is 2. The van der Waals surface area contributed by atoms with Gasteiger partial charge in [0.1, 0.15) is 4.90 Å². The van der Waals surface area contributed by atoms with Crippen molar-refractivity contribution in [3.05, 3.63) is 35.2 Å². The summed E-state index contributed by atoms with van der Waals surface area (Å²) < 4.78 is 63.5. The molecular weight excluding hydrogens is 368 g/mol. The van der Waals surface area contributed by atoms with Gasteiger partial charge in [-0.15, -0.1) is 0 Å². The molecule has 26 heavy (non-hydrogen) atoms. The van der Waals surface area contributed by atoms with Gasteiger partial charge in [-0.2, -0.15) is 18.2 Å². The Labute approximate surface area is 151 Å². The molecule has 0 aliphatic rings. The average molecular weight is 389 g/mol. The van der Waals surface area contributed by atoms with Crippen LogP contribution < -0.4 is 9.47 Å². The van der Waals surface area contributed by atoms with Crippen molar-refractivity contribution >= 4 is 10.0 Å². The van der Waals surface area contributed by atoms with Gasteiger partial charge in [-0.25, -0.2) is 13.1 Å². The summed E-state index contributed by atoms with van der Waals surface area (Å²) in [6.07, 6.45) is 0. The Bertz CT molecular complexity index is 897. The van der Waals surface area contributed by atoms with Crippen molar-refractivity contribution in [1.82, 2.24) is 14.1 Å². The lowest BCUT2D eigenvalue weighted by molar-refractivity contribution is 0.0538. The fourth-order valence-electron chi connectivity index (χ4n) is 2.69. The van der Waals surface area contributed by atoms with Crippen LogP contribution in [0.3, 0.4) is 0 Å². The summed E-state index contributed by atoms with van der Waals surface area (Å²) in [6, 6.07) is 5.03. The maximum Gasteiger partial charge on any atom is 0.333 e. The van der Waals surface area contributed by atoms with Crippen molar-refractivity contribution in [2.45, 2.75) is 31.8 Å². The van der Waals surface area contributed by atoms with E-state index in [0.717, 1.165) is 4.31 Å².